The average Bonchev–Trinajstić information content (AvgIpc) is 1.56. The van der Waals surface area contributed by atoms with Gasteiger partial charge in [-0.25, -0.2) is 4.79 Å². The van der Waals surface area contributed by atoms with Gasteiger partial charge in [0, 0.05) is 79.0 Å². The van der Waals surface area contributed by atoms with E-state index in [1.807, 2.05) is 64.6 Å². The van der Waals surface area contributed by atoms with Crippen molar-refractivity contribution in [3.05, 3.63) is 140 Å². The van der Waals surface area contributed by atoms with Gasteiger partial charge in [-0.3, -0.25) is 24.0 Å². The number of piperidine rings is 4. The van der Waals surface area contributed by atoms with Gasteiger partial charge in [-0.1, -0.05) is 58.9 Å². The summed E-state index contributed by atoms with van der Waals surface area (Å²) < 4.78 is 52.4. The van der Waals surface area contributed by atoms with Crippen LogP contribution in [0.2, 0.25) is 0 Å². The molecule has 16 aliphatic rings. The molecular formula is C87H102N4O24. The molecule has 8 aliphatic carbocycles. The van der Waals surface area contributed by atoms with Crippen LogP contribution in [0.4, 0.5) is 0 Å². The lowest BCUT2D eigenvalue weighted by molar-refractivity contribution is -0.172. The molecule has 0 amide bonds. The Kier molecular flexibility index (Phi) is 18.6. The van der Waals surface area contributed by atoms with Gasteiger partial charge >= 0.3 is 29.8 Å². The summed E-state index contributed by atoms with van der Waals surface area (Å²) >= 11 is 0. The fourth-order valence-electron chi connectivity index (χ4n) is 23.4. The molecule has 8 heterocycles. The van der Waals surface area contributed by atoms with Crippen LogP contribution in [-0.2, 0) is 99.8 Å². The van der Waals surface area contributed by atoms with Crippen molar-refractivity contribution in [2.45, 2.75) is 243 Å². The van der Waals surface area contributed by atoms with Gasteiger partial charge in [0.2, 0.25) is 0 Å². The van der Waals surface area contributed by atoms with E-state index < -0.39 is 111 Å². The van der Waals surface area contributed by atoms with E-state index in [0.29, 0.717) is 117 Å². The number of benzene rings is 4. The minimum atomic E-state index is -1.23. The number of Topliss-reactive ketones (excluding diaryl/α,β-unsaturated/α-hetero) is 1. The van der Waals surface area contributed by atoms with E-state index >= 15 is 0 Å². The number of ether oxygens (including phenoxy) is 9. The Bertz CT molecular complexity index is 4810. The van der Waals surface area contributed by atoms with Gasteiger partial charge in [0.05, 0.1) is 62.3 Å². The van der Waals surface area contributed by atoms with Gasteiger partial charge in [0.1, 0.15) is 23.0 Å². The molecule has 4 saturated heterocycles. The predicted molar refractivity (Wildman–Crippen MR) is 408 cm³/mol. The van der Waals surface area contributed by atoms with Gasteiger partial charge in [0.25, 0.3) is 0 Å². The van der Waals surface area contributed by atoms with Crippen LogP contribution in [0.25, 0.3) is 0 Å². The average molecular weight is 1590 g/mol. The molecule has 4 fully saturated rings. The highest BCUT2D eigenvalue weighted by molar-refractivity contribution is 5.88. The number of esters is 5. The zero-order chi connectivity index (χ0) is 81.8. The predicted octanol–water partition coefficient (Wildman–Crippen LogP) is 5.85. The number of rotatable bonds is 12. The maximum atomic E-state index is 12.7. The van der Waals surface area contributed by atoms with Crippen LogP contribution in [0.5, 0.6) is 46.0 Å². The molecular weight excluding hydrogens is 1480 g/mol. The molecule has 4 aromatic carbocycles. The summed E-state index contributed by atoms with van der Waals surface area (Å²) in [6.07, 6.45) is 8.31. The van der Waals surface area contributed by atoms with Crippen LogP contribution < -0.4 is 18.9 Å². The van der Waals surface area contributed by atoms with Crippen molar-refractivity contribution in [2.75, 3.05) is 54.4 Å². The van der Waals surface area contributed by atoms with E-state index in [9.17, 15) is 74.7 Å². The van der Waals surface area contributed by atoms with Crippen molar-refractivity contribution in [1.82, 2.24) is 19.6 Å². The molecule has 9 N–H and O–H groups in total. The normalized spacial score (nSPS) is 35.0. The Balaban J connectivity index is 0.000000111. The van der Waals surface area contributed by atoms with Crippen LogP contribution in [0, 0.1) is 11.8 Å². The molecule has 8 unspecified atom stereocenters. The van der Waals surface area contributed by atoms with Gasteiger partial charge in [-0.05, 0) is 190 Å². The summed E-state index contributed by atoms with van der Waals surface area (Å²) in [5.74, 6) is -0.512. The van der Waals surface area contributed by atoms with Crippen LogP contribution in [0.1, 0.15) is 157 Å². The van der Waals surface area contributed by atoms with Crippen molar-refractivity contribution in [1.29, 1.82) is 0 Å². The van der Waals surface area contributed by atoms with Crippen molar-refractivity contribution >= 4 is 35.6 Å². The lowest BCUT2D eigenvalue weighted by Gasteiger charge is -2.61. The highest BCUT2D eigenvalue weighted by Gasteiger charge is 2.77. The van der Waals surface area contributed by atoms with Crippen LogP contribution in [-0.4, -0.2) is 239 Å². The third kappa shape index (κ3) is 10.8. The highest BCUT2D eigenvalue weighted by Crippen LogP contribution is 2.70. The van der Waals surface area contributed by atoms with Gasteiger partial charge in [-0.2, -0.15) is 0 Å². The molecule has 4 aromatic rings. The Morgan fingerprint density at radius 1 is 0.435 bits per heavy atom. The second-order valence-corrected chi connectivity index (χ2v) is 35.3. The number of aliphatic hydroxyl groups is 5. The van der Waals surface area contributed by atoms with Gasteiger partial charge < -0.3 is 108 Å². The summed E-state index contributed by atoms with van der Waals surface area (Å²) in [4.78, 5) is 81.3. The Labute approximate surface area is 665 Å². The molecule has 28 heteroatoms. The standard InChI is InChI=1S/C24H27NO8.C21H25NO6.2C21H25NO5/c1-12(26)17(31-13(2)27)11-19(29)32-16-6-7-24(30)18-10-14-4-5-15(28)21-20(14)23(24,22(16)33-21)8-9-25(18)3;1-3-12(23)19(25)27-14-6-7-21(26)15-10-11-4-5-13(24)17-16(11)20(21,18(14)28-17)8-9-22(15)2;2*1-11(2)19(24)26-14-6-7-21(25)15-10-12-4-5-13(23)17-16(12)20(21,18(14)27-17)8-9-22(15)3/h4-6,17-18,22,28,30H,7-11H2,1-3H3;4-6,12,15,18,23-24,26H,3,7-10H2,1-2H3;2*4-6,11,15,18,23,25H,7-10H2,1-3H3/t17-,18+,22?,23?,24+;12-,15+,18?,20?,21+;2*15-,18?,20?,21-/m0011/s1. The van der Waals surface area contributed by atoms with E-state index in [-0.39, 0.29) is 89.5 Å². The summed E-state index contributed by atoms with van der Waals surface area (Å²) in [5.41, 5.74) is 0.367. The minimum Gasteiger partial charge on any atom is -0.504 e. The molecule has 8 aliphatic heterocycles. The topological polar surface area (TPSA) is 381 Å². The monoisotopic (exact) mass is 1590 g/mol. The van der Waals surface area contributed by atoms with Crippen LogP contribution in [0.15, 0.2) is 95.9 Å². The quantitative estimate of drug-likeness (QED) is 0.0593. The number of phenolic OH excluding ortho intramolecular Hbond substituents is 4. The first kappa shape index (κ1) is 78.4. The zero-order valence-corrected chi connectivity index (χ0v) is 66.5. The number of carbonyl (C=O) groups is 6. The number of likely N-dealkylation sites (N-methyl/N-ethyl adjacent to an activating group) is 4. The maximum absolute atomic E-state index is 12.7. The molecule has 8 bridgehead atoms. The number of ketones is 1. The lowest BCUT2D eigenvalue weighted by atomic mass is 9.50. The fourth-order valence-corrected chi connectivity index (χ4v) is 23.4. The Hall–Kier alpha value is -9.10. The largest absolute Gasteiger partial charge is 0.504 e. The maximum Gasteiger partial charge on any atom is 0.340 e. The SMILES string of the molecule is CC(=O)O[C@@H](CC(=O)OC1=CC[C@@]2(O)[C@H]3Cc4ccc(O)c5c4C2(CCN3C)C1O5)C(C)=O.CC(C)C(=O)OC1=CC[C@@]2(O)[C@H]3Cc4ccc(O)c5c4C2(CCN3C)C1O5.CC(C)C(=O)OC1=CC[C@@]2(O)[C@H]3Cc4ccc(O)c5c4C2(CCN3C)C1O5.CC[C@H](O)C(=O)OC1=CC[C@@]2(O)[C@H]3Cc4ccc(O)c5c4C2(CCN3C)C1O5. The summed E-state index contributed by atoms with van der Waals surface area (Å²) in [5, 5.41) is 99.6. The molecule has 614 valence electrons. The number of nitrogens with zero attached hydrogens (tertiary/aromatic N) is 4. The number of aromatic hydroxyl groups is 4. The second-order valence-electron chi connectivity index (χ2n) is 35.3. The zero-order valence-electron chi connectivity index (χ0n) is 66.5. The number of aliphatic hydroxyl groups excluding tert-OH is 1. The number of carbonyl (C=O) groups excluding carboxylic acids is 6. The lowest BCUT2D eigenvalue weighted by Crippen LogP contribution is -2.74. The van der Waals surface area contributed by atoms with E-state index in [1.54, 1.807) is 71.0 Å². The fraction of sp³-hybridized carbons (Fsp3) is 0.563. The first-order chi connectivity index (χ1) is 54.5. The Morgan fingerprint density at radius 3 is 0.957 bits per heavy atom. The molecule has 4 spiro atoms. The summed E-state index contributed by atoms with van der Waals surface area (Å²) in [7, 11) is 8.10. The molecule has 0 aromatic heterocycles. The van der Waals surface area contributed by atoms with Gasteiger partial charge in [-0.15, -0.1) is 0 Å². The first-order valence-corrected chi connectivity index (χ1v) is 40.3. The molecule has 18 atom stereocenters. The summed E-state index contributed by atoms with van der Waals surface area (Å²) in [6, 6.07) is 13.8. The van der Waals surface area contributed by atoms with Crippen LogP contribution >= 0.6 is 0 Å². The molecule has 115 heavy (non-hydrogen) atoms. The number of hydrogen-bond donors (Lipinski definition) is 9. The third-order valence-corrected chi connectivity index (χ3v) is 29.0. The smallest absolute Gasteiger partial charge is 0.340 e. The molecule has 28 nitrogen and oxygen atoms in total. The number of hydrogen-bond acceptors (Lipinski definition) is 28. The third-order valence-electron chi connectivity index (χ3n) is 29.0. The van der Waals surface area contributed by atoms with Crippen molar-refractivity contribution in [3.63, 3.8) is 0 Å². The van der Waals surface area contributed by atoms with Gasteiger partial charge in [0.15, 0.2) is 88.4 Å². The first-order valence-electron chi connectivity index (χ1n) is 40.3. The summed E-state index contributed by atoms with van der Waals surface area (Å²) in [6.45, 7) is 14.4. The Morgan fingerprint density at radius 2 is 0.704 bits per heavy atom. The molecule has 0 saturated carbocycles. The molecule has 0 radical (unpaired) electrons. The number of likely N-dealkylation sites (tertiary alicyclic amines) is 4. The molecule has 20 rings (SSSR count). The van der Waals surface area contributed by atoms with E-state index in [2.05, 4.69) is 19.6 Å². The van der Waals surface area contributed by atoms with E-state index in [4.69, 9.17) is 42.6 Å². The van der Waals surface area contributed by atoms with E-state index in [1.165, 1.54) is 6.92 Å². The van der Waals surface area contributed by atoms with E-state index in [0.717, 1.165) is 71.1 Å². The second kappa shape index (κ2) is 27.2. The van der Waals surface area contributed by atoms with Crippen molar-refractivity contribution in [3.8, 4) is 46.0 Å². The van der Waals surface area contributed by atoms with Crippen molar-refractivity contribution in [2.24, 2.45) is 11.8 Å². The highest BCUT2D eigenvalue weighted by atomic mass is 16.6. The number of phenols is 4. The minimum absolute atomic E-state index is 0.0190. The van der Waals surface area contributed by atoms with Crippen molar-refractivity contribution < 1.29 is 117 Å². The van der Waals surface area contributed by atoms with Crippen LogP contribution in [0.3, 0.4) is 0 Å².